The van der Waals surface area contributed by atoms with E-state index < -0.39 is 20.9 Å². The molecule has 2 aliphatic heterocycles. The summed E-state index contributed by atoms with van der Waals surface area (Å²) in [6.07, 6.45) is 10.3. The number of rotatable bonds is 9. The number of nitrogens with zero attached hydrogens (tertiary/aromatic N) is 5. The molecule has 9 nitrogen and oxygen atoms in total. The zero-order chi connectivity index (χ0) is 35.8. The molecule has 266 valence electrons. The normalized spacial score (nSPS) is 25.0. The number of piperazine rings is 1. The molecule has 1 aliphatic carbocycles. The number of amides is 2. The Morgan fingerprint density at radius 2 is 1.76 bits per heavy atom. The van der Waals surface area contributed by atoms with Gasteiger partial charge in [-0.15, -0.1) is 0 Å². The van der Waals surface area contributed by atoms with Gasteiger partial charge in [0, 0.05) is 71.8 Å². The molecule has 2 aromatic rings. The topological polar surface area (TPSA) is 95.4 Å². The first kappa shape index (κ1) is 37.3. The minimum absolute atomic E-state index is 0.0903. The Hall–Kier alpha value is -2.92. The number of hydrogen-bond acceptors (Lipinski definition) is 7. The van der Waals surface area contributed by atoms with E-state index in [0.29, 0.717) is 79.4 Å². The summed E-state index contributed by atoms with van der Waals surface area (Å²) in [4.78, 5) is 31.5. The zero-order valence-electron chi connectivity index (χ0n) is 29.7. The number of benzene rings is 1. The molecule has 5 rings (SSSR count). The van der Waals surface area contributed by atoms with Crippen molar-refractivity contribution in [3.8, 4) is 5.75 Å². The highest BCUT2D eigenvalue weighted by atomic mass is 35.5. The molecule has 1 aromatic carbocycles. The number of halogens is 2. The van der Waals surface area contributed by atoms with Gasteiger partial charge in [-0.25, -0.2) is 13.2 Å². The number of carbonyl (C=O) groups excluding carboxylic acids is 1. The molecule has 49 heavy (non-hydrogen) atoms. The molecular formula is C37H49Cl2N5O4S. The van der Waals surface area contributed by atoms with Crippen molar-refractivity contribution in [3.05, 3.63) is 81.6 Å². The fourth-order valence-electron chi connectivity index (χ4n) is 7.07. The van der Waals surface area contributed by atoms with Crippen LogP contribution >= 0.6 is 23.2 Å². The molecule has 3 aliphatic rings. The van der Waals surface area contributed by atoms with Crippen molar-refractivity contribution in [2.75, 3.05) is 51.3 Å². The third-order valence-electron chi connectivity index (χ3n) is 10.2. The molecule has 0 bridgehead atoms. The van der Waals surface area contributed by atoms with Crippen LogP contribution in [0.25, 0.3) is 0 Å². The van der Waals surface area contributed by atoms with Crippen LogP contribution in [0.5, 0.6) is 5.75 Å². The number of aliphatic imine (C=N–C) groups is 1. The van der Waals surface area contributed by atoms with E-state index in [1.54, 1.807) is 6.20 Å². The lowest BCUT2D eigenvalue weighted by Gasteiger charge is -2.49. The number of carbonyl (C=O) groups is 1. The Kier molecular flexibility index (Phi) is 10.9. The second-order valence-electron chi connectivity index (χ2n) is 14.6. The molecule has 1 fully saturated rings. The van der Waals surface area contributed by atoms with Gasteiger partial charge in [0.25, 0.3) is 0 Å². The molecule has 1 unspecified atom stereocenters. The summed E-state index contributed by atoms with van der Waals surface area (Å²) in [7, 11) is -3.03. The highest BCUT2D eigenvalue weighted by Gasteiger charge is 2.62. The van der Waals surface area contributed by atoms with Gasteiger partial charge in [0.2, 0.25) is 0 Å². The monoisotopic (exact) mass is 729 g/mol. The molecular weight excluding hydrogens is 681 g/mol. The van der Waals surface area contributed by atoms with Gasteiger partial charge < -0.3 is 9.64 Å². The molecule has 0 N–H and O–H groups in total. The minimum Gasteiger partial charge on any atom is -0.493 e. The van der Waals surface area contributed by atoms with E-state index in [4.69, 9.17) is 37.9 Å². The number of ether oxygens (including phenoxy) is 1. The number of hydrogen-bond donors (Lipinski definition) is 0. The number of sulfone groups is 1. The van der Waals surface area contributed by atoms with Crippen molar-refractivity contribution in [2.45, 2.75) is 70.9 Å². The minimum atomic E-state index is -3.03. The van der Waals surface area contributed by atoms with Crippen LogP contribution in [0.1, 0.15) is 71.2 Å². The number of aromatic nitrogens is 1. The molecule has 0 saturated carbocycles. The fourth-order valence-corrected chi connectivity index (χ4v) is 8.02. The summed E-state index contributed by atoms with van der Waals surface area (Å²) < 4.78 is 29.7. The molecule has 3 heterocycles. The lowest BCUT2D eigenvalue weighted by molar-refractivity contribution is 0.0754. The van der Waals surface area contributed by atoms with Gasteiger partial charge >= 0.3 is 6.03 Å². The molecule has 0 spiro atoms. The lowest BCUT2D eigenvalue weighted by Crippen LogP contribution is -2.62. The highest BCUT2D eigenvalue weighted by Crippen LogP contribution is 2.54. The third kappa shape index (κ3) is 7.72. The van der Waals surface area contributed by atoms with E-state index in [2.05, 4.69) is 45.6 Å². The van der Waals surface area contributed by atoms with Crippen molar-refractivity contribution in [1.82, 2.24) is 19.7 Å². The standard InChI is InChI=1S/C37H49Cl2N5O4S/c1-8-48-31-24-32(35(2,3)4)40-25-30(31)33-41-36(5,26-10-14-28(38)15-11-26)37(6,27-12-16-29(39)17-13-27)44(33)34(45)43-21-19-42(20-22-43)18-9-23-49(7,46)47/h10,12-17,24-26H,8-9,11,18-23H2,1-7H3/t26?,36-,37+/m0/s1. The maximum atomic E-state index is 15.1. The molecule has 1 aromatic heterocycles. The van der Waals surface area contributed by atoms with E-state index in [-0.39, 0.29) is 23.1 Å². The van der Waals surface area contributed by atoms with E-state index in [1.807, 2.05) is 59.2 Å². The van der Waals surface area contributed by atoms with Crippen molar-refractivity contribution < 1.29 is 17.9 Å². The van der Waals surface area contributed by atoms with Crippen molar-refractivity contribution in [1.29, 1.82) is 0 Å². The average molecular weight is 731 g/mol. The Bertz CT molecular complexity index is 1750. The van der Waals surface area contributed by atoms with Gasteiger partial charge in [0.1, 0.15) is 21.4 Å². The van der Waals surface area contributed by atoms with Crippen LogP contribution in [-0.2, 0) is 20.8 Å². The Labute approximate surface area is 301 Å². The SMILES string of the molecule is CCOc1cc(C(C)(C)C)ncc1C1=N[C@@](C)(C2C=CC(Cl)=CC2)[C@@](C)(c2ccc(Cl)cc2)N1C(=O)N1CCN(CCCS(C)(=O)=O)CC1. The van der Waals surface area contributed by atoms with E-state index >= 15 is 4.79 Å². The third-order valence-corrected chi connectivity index (χ3v) is 11.7. The average Bonchev–Trinajstić information content (AvgIpc) is 3.28. The summed E-state index contributed by atoms with van der Waals surface area (Å²) >= 11 is 12.8. The maximum absolute atomic E-state index is 15.1. The predicted molar refractivity (Wildman–Crippen MR) is 199 cm³/mol. The molecule has 12 heteroatoms. The first-order valence-corrected chi connectivity index (χ1v) is 19.8. The summed E-state index contributed by atoms with van der Waals surface area (Å²) in [5.74, 6) is 1.19. The Morgan fingerprint density at radius 3 is 2.33 bits per heavy atom. The summed E-state index contributed by atoms with van der Waals surface area (Å²) in [6.45, 7) is 15.9. The van der Waals surface area contributed by atoms with Crippen molar-refractivity contribution in [3.63, 3.8) is 0 Å². The van der Waals surface area contributed by atoms with Gasteiger partial charge in [-0.2, -0.15) is 0 Å². The first-order chi connectivity index (χ1) is 23.0. The van der Waals surface area contributed by atoms with E-state index in [1.165, 1.54) is 6.26 Å². The van der Waals surface area contributed by atoms with Gasteiger partial charge in [0.05, 0.1) is 29.0 Å². The quantitative estimate of drug-likeness (QED) is 0.275. The van der Waals surface area contributed by atoms with Crippen LogP contribution in [-0.4, -0.2) is 96.8 Å². The Balaban J connectivity index is 1.63. The zero-order valence-corrected chi connectivity index (χ0v) is 32.0. The summed E-state index contributed by atoms with van der Waals surface area (Å²) in [6, 6.07) is 9.50. The largest absolute Gasteiger partial charge is 0.493 e. The molecule has 3 atom stereocenters. The second kappa shape index (κ2) is 14.4. The van der Waals surface area contributed by atoms with Gasteiger partial charge in [0.15, 0.2) is 0 Å². The molecule has 0 radical (unpaired) electrons. The van der Waals surface area contributed by atoms with Crippen LogP contribution < -0.4 is 4.74 Å². The van der Waals surface area contributed by atoms with Gasteiger partial charge in [-0.3, -0.25) is 19.8 Å². The van der Waals surface area contributed by atoms with Gasteiger partial charge in [-0.05, 0) is 63.9 Å². The summed E-state index contributed by atoms with van der Waals surface area (Å²) in [5.41, 5.74) is 0.410. The van der Waals surface area contributed by atoms with Crippen LogP contribution in [0.2, 0.25) is 5.02 Å². The maximum Gasteiger partial charge on any atom is 0.326 e. The lowest BCUT2D eigenvalue weighted by atomic mass is 9.66. The number of urea groups is 1. The van der Waals surface area contributed by atoms with E-state index in [0.717, 1.165) is 11.3 Å². The highest BCUT2D eigenvalue weighted by molar-refractivity contribution is 7.90. The fraction of sp³-hybridized carbons (Fsp3) is 0.541. The molecule has 2 amide bonds. The number of allylic oxidation sites excluding steroid dienone is 3. The predicted octanol–water partition coefficient (Wildman–Crippen LogP) is 7.04. The van der Waals surface area contributed by atoms with Crippen LogP contribution in [0.15, 0.2) is 64.8 Å². The van der Waals surface area contributed by atoms with Crippen molar-refractivity contribution >= 4 is 44.9 Å². The Morgan fingerprint density at radius 1 is 1.08 bits per heavy atom. The van der Waals surface area contributed by atoms with Crippen LogP contribution in [0, 0.1) is 5.92 Å². The number of pyridine rings is 1. The molecule has 1 saturated heterocycles. The first-order valence-electron chi connectivity index (χ1n) is 17.0. The van der Waals surface area contributed by atoms with E-state index in [9.17, 15) is 8.42 Å². The number of amidine groups is 1. The second-order valence-corrected chi connectivity index (χ2v) is 17.8. The van der Waals surface area contributed by atoms with Crippen LogP contribution in [0.3, 0.4) is 0 Å². The van der Waals surface area contributed by atoms with Crippen molar-refractivity contribution in [2.24, 2.45) is 10.9 Å². The van der Waals surface area contributed by atoms with Crippen LogP contribution in [0.4, 0.5) is 4.79 Å². The smallest absolute Gasteiger partial charge is 0.326 e. The summed E-state index contributed by atoms with van der Waals surface area (Å²) in [5, 5.41) is 1.28. The van der Waals surface area contributed by atoms with Gasteiger partial charge in [-0.1, -0.05) is 68.3 Å².